The summed E-state index contributed by atoms with van der Waals surface area (Å²) < 4.78 is 0. The first-order chi connectivity index (χ1) is 8.84. The van der Waals surface area contributed by atoms with Gasteiger partial charge in [0, 0.05) is 19.5 Å². The van der Waals surface area contributed by atoms with E-state index in [0.29, 0.717) is 6.42 Å². The number of likely N-dealkylation sites (tertiary alicyclic amines) is 1. The second-order valence-electron chi connectivity index (χ2n) is 4.73. The van der Waals surface area contributed by atoms with E-state index in [1.807, 2.05) is 35.2 Å². The van der Waals surface area contributed by atoms with Crippen molar-refractivity contribution in [3.05, 3.63) is 35.9 Å². The van der Waals surface area contributed by atoms with Crippen LogP contribution in [0.3, 0.4) is 0 Å². The molecule has 0 N–H and O–H groups in total. The summed E-state index contributed by atoms with van der Waals surface area (Å²) in [5.41, 5.74) is 1.90. The number of nitrogens with zero attached hydrogens (tertiary/aromatic N) is 2. The van der Waals surface area contributed by atoms with Crippen LogP contribution in [0.1, 0.15) is 24.8 Å². The third-order valence-corrected chi connectivity index (χ3v) is 3.47. The lowest BCUT2D eigenvalue weighted by Gasteiger charge is -2.18. The van der Waals surface area contributed by atoms with E-state index in [-0.39, 0.29) is 5.91 Å². The average molecular weight is 244 g/mol. The van der Waals surface area contributed by atoms with Gasteiger partial charge in [0.1, 0.15) is 0 Å². The number of carbonyl (C=O) groups excluding carboxylic acids is 1. The lowest BCUT2D eigenvalue weighted by Crippen LogP contribution is -2.37. The molecule has 0 saturated carbocycles. The fraction of sp³-hybridized carbons (Fsp3) is 0.429. The van der Waals surface area contributed by atoms with Gasteiger partial charge < -0.3 is 9.74 Å². The Hall–Kier alpha value is -1.84. The Labute approximate surface area is 106 Å². The van der Waals surface area contributed by atoms with E-state index in [4.69, 9.17) is 4.84 Å². The van der Waals surface area contributed by atoms with Crippen LogP contribution in [-0.4, -0.2) is 35.7 Å². The first-order valence-electron chi connectivity index (χ1n) is 6.41. The summed E-state index contributed by atoms with van der Waals surface area (Å²) in [5, 5.41) is 4.05. The number of hydrogen-bond donors (Lipinski definition) is 0. The predicted octanol–water partition coefficient (Wildman–Crippen LogP) is 1.80. The summed E-state index contributed by atoms with van der Waals surface area (Å²) in [4.78, 5) is 19.3. The van der Waals surface area contributed by atoms with Gasteiger partial charge in [0.15, 0.2) is 0 Å². The molecule has 1 aromatic rings. The Morgan fingerprint density at radius 1 is 1.22 bits per heavy atom. The Morgan fingerprint density at radius 3 is 2.67 bits per heavy atom. The quantitative estimate of drug-likeness (QED) is 0.796. The molecule has 0 aromatic heterocycles. The zero-order valence-corrected chi connectivity index (χ0v) is 10.2. The molecular weight excluding hydrogens is 228 g/mol. The summed E-state index contributed by atoms with van der Waals surface area (Å²) in [7, 11) is 0. The van der Waals surface area contributed by atoms with Crippen molar-refractivity contribution < 1.29 is 9.63 Å². The lowest BCUT2D eigenvalue weighted by atomic mass is 10.0. The fourth-order valence-corrected chi connectivity index (χ4v) is 2.45. The molecule has 2 aliphatic heterocycles. The zero-order valence-electron chi connectivity index (χ0n) is 10.2. The van der Waals surface area contributed by atoms with E-state index in [9.17, 15) is 4.79 Å². The third kappa shape index (κ3) is 2.10. The number of carbonyl (C=O) groups is 1. The molecule has 18 heavy (non-hydrogen) atoms. The maximum absolute atomic E-state index is 12.2. The van der Waals surface area contributed by atoms with Crippen LogP contribution in [-0.2, 0) is 9.63 Å². The first-order valence-corrected chi connectivity index (χ1v) is 6.41. The molecule has 0 unspecified atom stereocenters. The normalized spacial score (nSPS) is 22.8. The number of benzene rings is 1. The molecule has 2 heterocycles. The van der Waals surface area contributed by atoms with Crippen molar-refractivity contribution in [2.75, 3.05) is 13.1 Å². The standard InChI is InChI=1S/C14H16N2O2/c17-14(16-8-4-5-9-16)13-10-12(15-18-13)11-6-2-1-3-7-11/h1-3,6-7,13H,4-5,8-10H2/t13-/m1/s1. The molecule has 2 aliphatic rings. The van der Waals surface area contributed by atoms with Gasteiger partial charge in [0.2, 0.25) is 6.10 Å². The van der Waals surface area contributed by atoms with Gasteiger partial charge in [0.05, 0.1) is 5.71 Å². The maximum Gasteiger partial charge on any atom is 0.266 e. The van der Waals surface area contributed by atoms with Gasteiger partial charge in [-0.25, -0.2) is 0 Å². The van der Waals surface area contributed by atoms with Crippen LogP contribution in [0.2, 0.25) is 0 Å². The van der Waals surface area contributed by atoms with Crippen molar-refractivity contribution in [2.45, 2.75) is 25.4 Å². The monoisotopic (exact) mass is 244 g/mol. The summed E-state index contributed by atoms with van der Waals surface area (Å²) >= 11 is 0. The van der Waals surface area contributed by atoms with Crippen molar-refractivity contribution in [1.82, 2.24) is 4.90 Å². The second kappa shape index (κ2) is 4.80. The van der Waals surface area contributed by atoms with Crippen molar-refractivity contribution in [3.8, 4) is 0 Å². The van der Waals surface area contributed by atoms with Gasteiger partial charge in [0.25, 0.3) is 5.91 Å². The Bertz CT molecular complexity index is 464. The van der Waals surface area contributed by atoms with Gasteiger partial charge >= 0.3 is 0 Å². The van der Waals surface area contributed by atoms with Gasteiger partial charge in [-0.3, -0.25) is 4.79 Å². The largest absolute Gasteiger partial charge is 0.382 e. The Kier molecular flexibility index (Phi) is 3.00. The lowest BCUT2D eigenvalue weighted by molar-refractivity contribution is -0.140. The molecule has 4 heteroatoms. The Balaban J connectivity index is 1.65. The highest BCUT2D eigenvalue weighted by atomic mass is 16.6. The van der Waals surface area contributed by atoms with E-state index in [1.165, 1.54) is 0 Å². The minimum Gasteiger partial charge on any atom is -0.382 e. The van der Waals surface area contributed by atoms with Crippen LogP contribution in [0, 0.1) is 0 Å². The molecule has 1 amide bonds. The molecule has 1 fully saturated rings. The van der Waals surface area contributed by atoms with E-state index in [0.717, 1.165) is 37.2 Å². The van der Waals surface area contributed by atoms with Gasteiger partial charge in [-0.1, -0.05) is 35.5 Å². The number of oxime groups is 1. The highest BCUT2D eigenvalue weighted by molar-refractivity contribution is 6.04. The van der Waals surface area contributed by atoms with Crippen LogP contribution >= 0.6 is 0 Å². The highest BCUT2D eigenvalue weighted by Gasteiger charge is 2.33. The van der Waals surface area contributed by atoms with Gasteiger partial charge in [-0.15, -0.1) is 0 Å². The van der Waals surface area contributed by atoms with Crippen LogP contribution in [0.5, 0.6) is 0 Å². The van der Waals surface area contributed by atoms with Crippen molar-refractivity contribution in [3.63, 3.8) is 0 Å². The van der Waals surface area contributed by atoms with Crippen LogP contribution < -0.4 is 0 Å². The highest BCUT2D eigenvalue weighted by Crippen LogP contribution is 2.20. The Morgan fingerprint density at radius 2 is 1.94 bits per heavy atom. The molecule has 1 aromatic carbocycles. The van der Waals surface area contributed by atoms with Crippen molar-refractivity contribution in [1.29, 1.82) is 0 Å². The molecular formula is C14H16N2O2. The second-order valence-corrected chi connectivity index (χ2v) is 4.73. The van der Waals surface area contributed by atoms with Crippen LogP contribution in [0.15, 0.2) is 35.5 Å². The van der Waals surface area contributed by atoms with Crippen molar-refractivity contribution >= 4 is 11.6 Å². The van der Waals surface area contributed by atoms with Crippen LogP contribution in [0.4, 0.5) is 0 Å². The van der Waals surface area contributed by atoms with Gasteiger partial charge in [-0.05, 0) is 18.4 Å². The molecule has 0 spiro atoms. The summed E-state index contributed by atoms with van der Waals surface area (Å²) in [5.74, 6) is 0.0854. The molecule has 4 nitrogen and oxygen atoms in total. The molecule has 3 rings (SSSR count). The molecule has 94 valence electrons. The average Bonchev–Trinajstić information content (AvgIpc) is 3.10. The minimum absolute atomic E-state index is 0.0854. The fourth-order valence-electron chi connectivity index (χ4n) is 2.45. The van der Waals surface area contributed by atoms with E-state index < -0.39 is 6.10 Å². The predicted molar refractivity (Wildman–Crippen MR) is 68.3 cm³/mol. The SMILES string of the molecule is O=C([C@H]1CC(c2ccccc2)=NO1)N1CCCC1. The molecule has 0 radical (unpaired) electrons. The third-order valence-electron chi connectivity index (χ3n) is 3.47. The topological polar surface area (TPSA) is 41.9 Å². The van der Waals surface area contributed by atoms with Crippen LogP contribution in [0.25, 0.3) is 0 Å². The van der Waals surface area contributed by atoms with E-state index >= 15 is 0 Å². The smallest absolute Gasteiger partial charge is 0.266 e. The zero-order chi connectivity index (χ0) is 12.4. The van der Waals surface area contributed by atoms with Crippen molar-refractivity contribution in [2.24, 2.45) is 5.16 Å². The molecule has 0 aliphatic carbocycles. The summed E-state index contributed by atoms with van der Waals surface area (Å²) in [6, 6.07) is 9.88. The number of rotatable bonds is 2. The number of hydrogen-bond acceptors (Lipinski definition) is 3. The van der Waals surface area contributed by atoms with Gasteiger partial charge in [-0.2, -0.15) is 0 Å². The first kappa shape index (κ1) is 11.3. The molecule has 0 bridgehead atoms. The summed E-state index contributed by atoms with van der Waals surface area (Å²) in [6.07, 6.45) is 2.37. The van der Waals surface area contributed by atoms with E-state index in [2.05, 4.69) is 5.16 Å². The molecule has 1 atom stereocenters. The number of amides is 1. The summed E-state index contributed by atoms with van der Waals surface area (Å²) in [6.45, 7) is 1.72. The van der Waals surface area contributed by atoms with E-state index in [1.54, 1.807) is 0 Å². The molecule has 1 saturated heterocycles. The minimum atomic E-state index is -0.418. The maximum atomic E-state index is 12.2.